The zero-order valence-corrected chi connectivity index (χ0v) is 18.1. The van der Waals surface area contributed by atoms with Crippen molar-refractivity contribution in [3.8, 4) is 6.07 Å². The third kappa shape index (κ3) is 4.03. The molecule has 1 aliphatic heterocycles. The Morgan fingerprint density at radius 2 is 1.87 bits per heavy atom. The number of carbonyl (C=O) groups excluding carboxylic acids is 2. The molecule has 1 aliphatic carbocycles. The normalized spacial score (nSPS) is 18.0. The Labute approximate surface area is 184 Å². The van der Waals surface area contributed by atoms with Crippen LogP contribution in [0.4, 0.5) is 5.69 Å². The minimum Gasteiger partial charge on any atom is -0.349 e. The second-order valence-corrected chi connectivity index (χ2v) is 8.62. The highest BCUT2D eigenvalue weighted by Gasteiger charge is 2.37. The first-order valence-corrected chi connectivity index (χ1v) is 11.0. The van der Waals surface area contributed by atoms with Crippen LogP contribution >= 0.6 is 15.9 Å². The number of halogens is 1. The molecule has 0 atom stereocenters. The molecule has 2 aromatic rings. The molecule has 1 saturated carbocycles. The van der Waals surface area contributed by atoms with Crippen molar-refractivity contribution in [3.05, 3.63) is 69.7 Å². The SMILES string of the molecule is N#C/C(C(=O)NC1CCCCC1)=C1/C(=O)N(Cc2ccccc2)c2ccc(Br)cc21. The maximum atomic E-state index is 13.4. The largest absolute Gasteiger partial charge is 0.349 e. The van der Waals surface area contributed by atoms with E-state index in [0.29, 0.717) is 17.8 Å². The van der Waals surface area contributed by atoms with E-state index in [9.17, 15) is 14.9 Å². The van der Waals surface area contributed by atoms with Crippen LogP contribution in [0.5, 0.6) is 0 Å². The van der Waals surface area contributed by atoms with Crippen LogP contribution in [0.25, 0.3) is 5.57 Å². The quantitative estimate of drug-likeness (QED) is 0.526. The molecule has 5 nitrogen and oxygen atoms in total. The number of fused-ring (bicyclic) bond motifs is 1. The molecular formula is C24H22BrN3O2. The smallest absolute Gasteiger partial charge is 0.263 e. The maximum Gasteiger partial charge on any atom is 0.263 e. The van der Waals surface area contributed by atoms with Gasteiger partial charge in [-0.15, -0.1) is 0 Å². The van der Waals surface area contributed by atoms with Gasteiger partial charge in [-0.05, 0) is 36.6 Å². The molecule has 1 N–H and O–H groups in total. The lowest BCUT2D eigenvalue weighted by Gasteiger charge is -2.22. The fourth-order valence-electron chi connectivity index (χ4n) is 4.19. The van der Waals surface area contributed by atoms with Crippen LogP contribution < -0.4 is 10.2 Å². The second kappa shape index (κ2) is 8.85. The lowest BCUT2D eigenvalue weighted by molar-refractivity contribution is -0.118. The average Bonchev–Trinajstić information content (AvgIpc) is 3.01. The molecule has 4 rings (SSSR count). The number of hydrogen-bond donors (Lipinski definition) is 1. The zero-order chi connectivity index (χ0) is 21.1. The number of rotatable bonds is 4. The van der Waals surface area contributed by atoms with Gasteiger partial charge in [0.15, 0.2) is 0 Å². The molecule has 6 heteroatoms. The second-order valence-electron chi connectivity index (χ2n) is 7.71. The summed E-state index contributed by atoms with van der Waals surface area (Å²) >= 11 is 3.45. The van der Waals surface area contributed by atoms with Crippen molar-refractivity contribution in [3.63, 3.8) is 0 Å². The van der Waals surface area contributed by atoms with Gasteiger partial charge in [-0.2, -0.15) is 5.26 Å². The Kier molecular flexibility index (Phi) is 6.01. The molecule has 0 saturated heterocycles. The molecule has 0 spiro atoms. The summed E-state index contributed by atoms with van der Waals surface area (Å²) < 4.78 is 0.790. The number of carbonyl (C=O) groups is 2. The van der Waals surface area contributed by atoms with E-state index in [2.05, 4.69) is 21.2 Å². The first-order chi connectivity index (χ1) is 14.6. The predicted octanol–water partition coefficient (Wildman–Crippen LogP) is 4.72. The van der Waals surface area contributed by atoms with E-state index in [1.807, 2.05) is 48.5 Å². The summed E-state index contributed by atoms with van der Waals surface area (Å²) in [5.41, 5.74) is 2.37. The van der Waals surface area contributed by atoms with E-state index in [1.165, 1.54) is 6.42 Å². The van der Waals surface area contributed by atoms with Crippen molar-refractivity contribution in [2.24, 2.45) is 0 Å². The van der Waals surface area contributed by atoms with Crippen molar-refractivity contribution in [1.29, 1.82) is 5.26 Å². The van der Waals surface area contributed by atoms with Gasteiger partial charge in [0.1, 0.15) is 11.6 Å². The first kappa shape index (κ1) is 20.4. The van der Waals surface area contributed by atoms with Crippen LogP contribution in [0, 0.1) is 11.3 Å². The fraction of sp³-hybridized carbons (Fsp3) is 0.292. The van der Waals surface area contributed by atoms with Crippen LogP contribution in [-0.2, 0) is 16.1 Å². The van der Waals surface area contributed by atoms with Crippen LogP contribution in [-0.4, -0.2) is 17.9 Å². The number of nitrogens with one attached hydrogen (secondary N) is 1. The molecule has 1 fully saturated rings. The van der Waals surface area contributed by atoms with E-state index >= 15 is 0 Å². The topological polar surface area (TPSA) is 73.2 Å². The number of nitrogens with zero attached hydrogens (tertiary/aromatic N) is 2. The molecule has 30 heavy (non-hydrogen) atoms. The van der Waals surface area contributed by atoms with Crippen molar-refractivity contribution < 1.29 is 9.59 Å². The minimum atomic E-state index is -0.458. The van der Waals surface area contributed by atoms with Crippen LogP contribution in [0.2, 0.25) is 0 Å². The lowest BCUT2D eigenvalue weighted by Crippen LogP contribution is -2.37. The maximum absolute atomic E-state index is 13.4. The predicted molar refractivity (Wildman–Crippen MR) is 119 cm³/mol. The van der Waals surface area contributed by atoms with Gasteiger partial charge in [-0.1, -0.05) is 65.5 Å². The van der Waals surface area contributed by atoms with Gasteiger partial charge < -0.3 is 10.2 Å². The molecule has 0 bridgehead atoms. The zero-order valence-electron chi connectivity index (χ0n) is 16.5. The number of hydrogen-bond acceptors (Lipinski definition) is 3. The molecule has 1 heterocycles. The number of amides is 2. The van der Waals surface area contributed by atoms with Gasteiger partial charge in [-0.25, -0.2) is 0 Å². The third-order valence-corrected chi connectivity index (χ3v) is 6.18. The van der Waals surface area contributed by atoms with E-state index < -0.39 is 5.91 Å². The molecular weight excluding hydrogens is 442 g/mol. The summed E-state index contributed by atoms with van der Waals surface area (Å²) in [5.74, 6) is -0.775. The van der Waals surface area contributed by atoms with E-state index in [4.69, 9.17) is 0 Å². The summed E-state index contributed by atoms with van der Waals surface area (Å²) in [4.78, 5) is 28.0. The summed E-state index contributed by atoms with van der Waals surface area (Å²) in [6.45, 7) is 0.376. The Bertz CT molecular complexity index is 1050. The molecule has 0 unspecified atom stereocenters. The van der Waals surface area contributed by atoms with Crippen molar-refractivity contribution in [2.45, 2.75) is 44.7 Å². The standard InChI is InChI=1S/C24H22BrN3O2/c25-17-11-12-21-19(13-17)22(24(30)28(21)15-16-7-3-1-4-8-16)20(14-26)23(29)27-18-9-5-2-6-10-18/h1,3-4,7-8,11-13,18H,2,5-6,9-10,15H2,(H,27,29)/b22-20-. The molecule has 152 valence electrons. The number of anilines is 1. The summed E-state index contributed by atoms with van der Waals surface area (Å²) in [6.07, 6.45) is 5.14. The molecule has 2 amide bonds. The number of nitriles is 1. The van der Waals surface area contributed by atoms with Crippen LogP contribution in [0.3, 0.4) is 0 Å². The van der Waals surface area contributed by atoms with Gasteiger partial charge in [-0.3, -0.25) is 9.59 Å². The lowest BCUT2D eigenvalue weighted by atomic mass is 9.94. The molecule has 2 aromatic carbocycles. The van der Waals surface area contributed by atoms with Crippen molar-refractivity contribution in [2.75, 3.05) is 4.90 Å². The highest BCUT2D eigenvalue weighted by molar-refractivity contribution is 9.10. The Morgan fingerprint density at radius 1 is 1.13 bits per heavy atom. The molecule has 2 aliphatic rings. The van der Waals surface area contributed by atoms with E-state index in [-0.39, 0.29) is 23.1 Å². The average molecular weight is 464 g/mol. The van der Waals surface area contributed by atoms with Crippen LogP contribution in [0.15, 0.2) is 58.6 Å². The van der Waals surface area contributed by atoms with Gasteiger partial charge in [0.05, 0.1) is 17.8 Å². The van der Waals surface area contributed by atoms with Crippen LogP contribution in [0.1, 0.15) is 43.2 Å². The van der Waals surface area contributed by atoms with Gasteiger partial charge in [0.2, 0.25) is 0 Å². The third-order valence-electron chi connectivity index (χ3n) is 5.69. The van der Waals surface area contributed by atoms with E-state index in [0.717, 1.165) is 35.7 Å². The summed E-state index contributed by atoms with van der Waals surface area (Å²) in [5, 5.41) is 12.8. The summed E-state index contributed by atoms with van der Waals surface area (Å²) in [7, 11) is 0. The number of benzene rings is 2. The molecule has 0 aromatic heterocycles. The Morgan fingerprint density at radius 3 is 2.57 bits per heavy atom. The van der Waals surface area contributed by atoms with E-state index in [1.54, 1.807) is 11.0 Å². The monoisotopic (exact) mass is 463 g/mol. The minimum absolute atomic E-state index is 0.0640. The van der Waals surface area contributed by atoms with Gasteiger partial charge in [0, 0.05) is 16.1 Å². The van der Waals surface area contributed by atoms with Gasteiger partial charge in [0.25, 0.3) is 11.8 Å². The molecule has 0 radical (unpaired) electrons. The Hall–Kier alpha value is -2.91. The fourth-order valence-corrected chi connectivity index (χ4v) is 4.55. The first-order valence-electron chi connectivity index (χ1n) is 10.2. The van der Waals surface area contributed by atoms with Crippen molar-refractivity contribution in [1.82, 2.24) is 5.32 Å². The highest BCUT2D eigenvalue weighted by atomic mass is 79.9. The van der Waals surface area contributed by atoms with Gasteiger partial charge >= 0.3 is 0 Å². The summed E-state index contributed by atoms with van der Waals surface area (Å²) in [6, 6.07) is 17.3. The van der Waals surface area contributed by atoms with Crippen molar-refractivity contribution >= 4 is 39.0 Å². The highest BCUT2D eigenvalue weighted by Crippen LogP contribution is 2.41. The Balaban J connectivity index is 1.72.